The number of carbonyl (C=O) groups excluding carboxylic acids is 2. The van der Waals surface area contributed by atoms with Gasteiger partial charge < -0.3 is 11.5 Å². The standard InChI is InChI=1S/C13H17N3O2/c14-12(17)10-6-7-11(13(15)18)16(10)8-9-4-2-1-3-5-9/h1-5,10-11H,6-8H2,(H2,14,17)(H2,15,18)/t10-,11-/m0/s1. The number of likely N-dealkylation sites (tertiary alicyclic amines) is 1. The number of hydrogen-bond acceptors (Lipinski definition) is 3. The van der Waals surface area contributed by atoms with Crippen molar-refractivity contribution in [2.75, 3.05) is 0 Å². The number of amides is 2. The highest BCUT2D eigenvalue weighted by atomic mass is 16.2. The number of rotatable bonds is 4. The SMILES string of the molecule is NC(=O)[C@@H]1CC[C@@H](C(N)=O)N1Cc1ccccc1. The molecule has 1 aromatic rings. The summed E-state index contributed by atoms with van der Waals surface area (Å²) < 4.78 is 0. The molecule has 0 aliphatic carbocycles. The van der Waals surface area contributed by atoms with Gasteiger partial charge in [0, 0.05) is 6.54 Å². The normalized spacial score (nSPS) is 24.0. The minimum absolute atomic E-state index is 0.394. The molecule has 0 aromatic heterocycles. The van der Waals surface area contributed by atoms with Gasteiger partial charge >= 0.3 is 0 Å². The van der Waals surface area contributed by atoms with Crippen LogP contribution in [0.25, 0.3) is 0 Å². The fraction of sp³-hybridized carbons (Fsp3) is 0.385. The van der Waals surface area contributed by atoms with Gasteiger partial charge in [-0.05, 0) is 18.4 Å². The first kappa shape index (κ1) is 12.6. The van der Waals surface area contributed by atoms with Crippen LogP contribution in [-0.4, -0.2) is 28.8 Å². The fourth-order valence-corrected chi connectivity index (χ4v) is 2.49. The molecule has 0 spiro atoms. The number of primary amides is 2. The summed E-state index contributed by atoms with van der Waals surface area (Å²) in [6, 6.07) is 8.87. The van der Waals surface area contributed by atoms with Gasteiger partial charge in [-0.15, -0.1) is 0 Å². The van der Waals surface area contributed by atoms with Crippen molar-refractivity contribution in [1.82, 2.24) is 4.90 Å². The van der Waals surface area contributed by atoms with Gasteiger partial charge in [-0.1, -0.05) is 30.3 Å². The first-order valence-electron chi connectivity index (χ1n) is 5.98. The number of nitrogens with zero attached hydrogens (tertiary/aromatic N) is 1. The van der Waals surface area contributed by atoms with Gasteiger partial charge in [-0.3, -0.25) is 14.5 Å². The molecule has 0 radical (unpaired) electrons. The molecule has 2 rings (SSSR count). The van der Waals surface area contributed by atoms with Crippen molar-refractivity contribution < 1.29 is 9.59 Å². The van der Waals surface area contributed by atoms with Crippen LogP contribution >= 0.6 is 0 Å². The van der Waals surface area contributed by atoms with E-state index in [1.165, 1.54) is 0 Å². The Morgan fingerprint density at radius 2 is 1.56 bits per heavy atom. The zero-order valence-electron chi connectivity index (χ0n) is 10.1. The van der Waals surface area contributed by atoms with Gasteiger partial charge in [0.2, 0.25) is 11.8 Å². The van der Waals surface area contributed by atoms with Crippen molar-refractivity contribution in [3.8, 4) is 0 Å². The van der Waals surface area contributed by atoms with Gasteiger partial charge in [0.1, 0.15) is 0 Å². The quantitative estimate of drug-likeness (QED) is 0.784. The second-order valence-corrected chi connectivity index (χ2v) is 4.57. The average Bonchev–Trinajstić information content (AvgIpc) is 2.74. The molecule has 1 aliphatic heterocycles. The van der Waals surface area contributed by atoms with Gasteiger partial charge in [0.05, 0.1) is 12.1 Å². The maximum absolute atomic E-state index is 11.4. The van der Waals surface area contributed by atoms with E-state index in [2.05, 4.69) is 0 Å². The second-order valence-electron chi connectivity index (χ2n) is 4.57. The van der Waals surface area contributed by atoms with Crippen LogP contribution in [0.15, 0.2) is 30.3 Å². The molecule has 1 saturated heterocycles. The molecule has 0 saturated carbocycles. The predicted octanol–water partition coefficient (Wildman–Crippen LogP) is -0.00980. The van der Waals surface area contributed by atoms with Gasteiger partial charge in [0.15, 0.2) is 0 Å². The maximum atomic E-state index is 11.4. The summed E-state index contributed by atoms with van der Waals surface area (Å²) in [5.41, 5.74) is 11.8. The van der Waals surface area contributed by atoms with E-state index in [-0.39, 0.29) is 0 Å². The molecular weight excluding hydrogens is 230 g/mol. The lowest BCUT2D eigenvalue weighted by Gasteiger charge is -2.26. The Bertz CT molecular complexity index is 425. The topological polar surface area (TPSA) is 89.4 Å². The average molecular weight is 247 g/mol. The van der Waals surface area contributed by atoms with Gasteiger partial charge in [-0.2, -0.15) is 0 Å². The highest BCUT2D eigenvalue weighted by Gasteiger charge is 2.39. The van der Waals surface area contributed by atoms with E-state index in [9.17, 15) is 9.59 Å². The fourth-order valence-electron chi connectivity index (χ4n) is 2.49. The molecule has 5 heteroatoms. The molecule has 1 aliphatic rings. The monoisotopic (exact) mass is 247 g/mol. The highest BCUT2D eigenvalue weighted by molar-refractivity contribution is 5.85. The van der Waals surface area contributed by atoms with Gasteiger partial charge in [0.25, 0.3) is 0 Å². The van der Waals surface area contributed by atoms with Crippen molar-refractivity contribution in [1.29, 1.82) is 0 Å². The van der Waals surface area contributed by atoms with E-state index in [0.29, 0.717) is 19.4 Å². The molecule has 1 heterocycles. The minimum Gasteiger partial charge on any atom is -0.368 e. The van der Waals surface area contributed by atoms with Crippen LogP contribution in [0.1, 0.15) is 18.4 Å². The van der Waals surface area contributed by atoms with Crippen molar-refractivity contribution in [2.24, 2.45) is 11.5 Å². The highest BCUT2D eigenvalue weighted by Crippen LogP contribution is 2.26. The van der Waals surface area contributed by atoms with E-state index in [4.69, 9.17) is 11.5 Å². The Labute approximate surface area is 106 Å². The summed E-state index contributed by atoms with van der Waals surface area (Å²) >= 11 is 0. The molecule has 0 bridgehead atoms. The largest absolute Gasteiger partial charge is 0.368 e. The minimum atomic E-state index is -0.400. The molecule has 1 aromatic carbocycles. The number of benzene rings is 1. The van der Waals surface area contributed by atoms with E-state index in [1.54, 1.807) is 4.90 Å². The first-order valence-corrected chi connectivity index (χ1v) is 5.98. The van der Waals surface area contributed by atoms with E-state index >= 15 is 0 Å². The summed E-state index contributed by atoms with van der Waals surface area (Å²) in [6.45, 7) is 0.516. The maximum Gasteiger partial charge on any atom is 0.234 e. The zero-order chi connectivity index (χ0) is 13.1. The Balaban J connectivity index is 2.19. The van der Waals surface area contributed by atoms with Crippen LogP contribution < -0.4 is 11.5 Å². The lowest BCUT2D eigenvalue weighted by molar-refractivity contribution is -0.126. The van der Waals surface area contributed by atoms with Crippen LogP contribution in [0.3, 0.4) is 0 Å². The lowest BCUT2D eigenvalue weighted by Crippen LogP contribution is -2.47. The third kappa shape index (κ3) is 2.51. The van der Waals surface area contributed by atoms with Crippen molar-refractivity contribution >= 4 is 11.8 Å². The summed E-state index contributed by atoms with van der Waals surface area (Å²) in [7, 11) is 0. The van der Waals surface area contributed by atoms with Crippen LogP contribution in [0.5, 0.6) is 0 Å². The molecule has 4 N–H and O–H groups in total. The molecule has 96 valence electrons. The van der Waals surface area contributed by atoms with Crippen molar-refractivity contribution in [2.45, 2.75) is 31.5 Å². The third-order valence-corrected chi connectivity index (χ3v) is 3.38. The Morgan fingerprint density at radius 3 is 2.00 bits per heavy atom. The molecule has 2 atom stereocenters. The van der Waals surface area contributed by atoms with E-state index < -0.39 is 23.9 Å². The molecule has 5 nitrogen and oxygen atoms in total. The van der Waals surface area contributed by atoms with E-state index in [1.807, 2.05) is 30.3 Å². The summed E-state index contributed by atoms with van der Waals surface area (Å²) in [6.07, 6.45) is 1.19. The number of carbonyl (C=O) groups is 2. The predicted molar refractivity (Wildman–Crippen MR) is 67.2 cm³/mol. The molecular formula is C13H17N3O2. The van der Waals surface area contributed by atoms with Crippen molar-refractivity contribution in [3.63, 3.8) is 0 Å². The Kier molecular flexibility index (Phi) is 3.62. The molecule has 18 heavy (non-hydrogen) atoms. The summed E-state index contributed by atoms with van der Waals surface area (Å²) in [4.78, 5) is 24.6. The first-order chi connectivity index (χ1) is 8.59. The summed E-state index contributed by atoms with van der Waals surface area (Å²) in [5.74, 6) is -0.788. The Morgan fingerprint density at radius 1 is 1.06 bits per heavy atom. The molecule has 1 fully saturated rings. The summed E-state index contributed by atoms with van der Waals surface area (Å²) in [5, 5.41) is 0. The molecule has 2 amide bonds. The van der Waals surface area contributed by atoms with Crippen LogP contribution in [-0.2, 0) is 16.1 Å². The lowest BCUT2D eigenvalue weighted by atomic mass is 10.1. The van der Waals surface area contributed by atoms with Crippen LogP contribution in [0.4, 0.5) is 0 Å². The number of nitrogens with two attached hydrogens (primary N) is 2. The van der Waals surface area contributed by atoms with E-state index in [0.717, 1.165) is 5.56 Å². The number of hydrogen-bond donors (Lipinski definition) is 2. The third-order valence-electron chi connectivity index (χ3n) is 3.38. The molecule has 0 unspecified atom stereocenters. The van der Waals surface area contributed by atoms with Gasteiger partial charge in [-0.25, -0.2) is 0 Å². The van der Waals surface area contributed by atoms with Crippen LogP contribution in [0.2, 0.25) is 0 Å². The van der Waals surface area contributed by atoms with Crippen molar-refractivity contribution in [3.05, 3.63) is 35.9 Å². The second kappa shape index (κ2) is 5.18. The zero-order valence-corrected chi connectivity index (χ0v) is 10.1. The Hall–Kier alpha value is -1.88. The van der Waals surface area contributed by atoms with Crippen LogP contribution in [0, 0.1) is 0 Å². The smallest absolute Gasteiger partial charge is 0.234 e.